The molecule has 2 N–H and O–H groups in total. The van der Waals surface area contributed by atoms with Crippen LogP contribution in [0.2, 0.25) is 0 Å². The quantitative estimate of drug-likeness (QED) is 0.515. The minimum absolute atomic E-state index is 0.0604. The average molecular weight is 223 g/mol. The number of aliphatic carboxylic acids is 1. The summed E-state index contributed by atoms with van der Waals surface area (Å²) in [6.07, 6.45) is 0. The van der Waals surface area contributed by atoms with Gasteiger partial charge in [-0.05, 0) is 13.8 Å². The van der Waals surface area contributed by atoms with Crippen molar-refractivity contribution in [2.45, 2.75) is 24.6 Å². The minimum Gasteiger partial charge on any atom is -0.480 e. The van der Waals surface area contributed by atoms with Crippen LogP contribution < -0.4 is 5.32 Å². The van der Waals surface area contributed by atoms with Crippen LogP contribution in [0.1, 0.15) is 13.8 Å². The Morgan fingerprint density at radius 3 is 2.23 bits per heavy atom. The van der Waals surface area contributed by atoms with E-state index in [9.17, 15) is 9.59 Å². The highest BCUT2D eigenvalue weighted by atomic mass is 32.1. The number of thiol groups is 2. The van der Waals surface area contributed by atoms with E-state index in [2.05, 4.69) is 30.6 Å². The molecule has 0 spiro atoms. The Balaban J connectivity index is 4.26. The summed E-state index contributed by atoms with van der Waals surface area (Å²) >= 11 is 7.81. The van der Waals surface area contributed by atoms with Crippen LogP contribution in [0.3, 0.4) is 0 Å². The number of carboxylic acids is 1. The molecule has 0 aromatic rings. The smallest absolute Gasteiger partial charge is 0.327 e. The summed E-state index contributed by atoms with van der Waals surface area (Å²) in [5, 5.41) is 10.9. The average Bonchev–Trinajstić information content (AvgIpc) is 1.96. The van der Waals surface area contributed by atoms with Gasteiger partial charge in [0.15, 0.2) is 0 Å². The van der Waals surface area contributed by atoms with Crippen LogP contribution in [0.4, 0.5) is 0 Å². The van der Waals surface area contributed by atoms with Crippen molar-refractivity contribution in [1.82, 2.24) is 5.32 Å². The molecular weight excluding hydrogens is 210 g/mol. The van der Waals surface area contributed by atoms with E-state index in [0.29, 0.717) is 0 Å². The van der Waals surface area contributed by atoms with Gasteiger partial charge in [-0.25, -0.2) is 4.79 Å². The first kappa shape index (κ1) is 12.6. The first-order chi connectivity index (χ1) is 5.79. The van der Waals surface area contributed by atoms with Gasteiger partial charge in [0, 0.05) is 5.75 Å². The predicted octanol–water partition coefficient (Wildman–Crippen LogP) is 0.194. The highest BCUT2D eigenvalue weighted by Gasteiger charge is 2.27. The fourth-order valence-electron chi connectivity index (χ4n) is 0.520. The van der Waals surface area contributed by atoms with Crippen molar-refractivity contribution in [3.05, 3.63) is 0 Å². The molecule has 0 aliphatic carbocycles. The molecule has 4 nitrogen and oxygen atoms in total. The van der Waals surface area contributed by atoms with Crippen LogP contribution in [0.15, 0.2) is 0 Å². The van der Waals surface area contributed by atoms with E-state index in [1.807, 2.05) is 0 Å². The van der Waals surface area contributed by atoms with Gasteiger partial charge in [0.25, 0.3) is 0 Å². The maximum atomic E-state index is 11.3. The predicted molar refractivity (Wildman–Crippen MR) is 56.5 cm³/mol. The topological polar surface area (TPSA) is 66.4 Å². The van der Waals surface area contributed by atoms with Crippen LogP contribution in [-0.2, 0) is 9.59 Å². The van der Waals surface area contributed by atoms with Crippen molar-refractivity contribution < 1.29 is 14.7 Å². The Labute approximate surface area is 87.9 Å². The summed E-state index contributed by atoms with van der Waals surface area (Å²) in [6, 6.07) is -0.956. The lowest BCUT2D eigenvalue weighted by Crippen LogP contribution is -2.48. The molecule has 0 aromatic heterocycles. The van der Waals surface area contributed by atoms with Crippen molar-refractivity contribution in [2.75, 3.05) is 5.75 Å². The molecule has 0 radical (unpaired) electrons. The molecule has 1 atom stereocenters. The van der Waals surface area contributed by atoms with Crippen LogP contribution in [0.25, 0.3) is 0 Å². The number of rotatable bonds is 4. The molecule has 0 fully saturated rings. The van der Waals surface area contributed by atoms with Gasteiger partial charge in [0.05, 0.1) is 4.75 Å². The van der Waals surface area contributed by atoms with Crippen molar-refractivity contribution in [1.29, 1.82) is 0 Å². The van der Waals surface area contributed by atoms with E-state index in [-0.39, 0.29) is 5.75 Å². The molecule has 0 aliphatic heterocycles. The number of carboxylic acid groups (broad SMARTS) is 1. The molecule has 0 saturated heterocycles. The summed E-state index contributed by atoms with van der Waals surface area (Å²) in [5.74, 6) is -1.46. The Hall–Kier alpha value is -0.360. The van der Waals surface area contributed by atoms with Gasteiger partial charge < -0.3 is 10.4 Å². The summed E-state index contributed by atoms with van der Waals surface area (Å²) in [7, 11) is 0. The van der Waals surface area contributed by atoms with Gasteiger partial charge in [0.1, 0.15) is 6.04 Å². The lowest BCUT2D eigenvalue weighted by molar-refractivity contribution is -0.141. The first-order valence-corrected chi connectivity index (χ1v) is 4.74. The summed E-state index contributed by atoms with van der Waals surface area (Å²) < 4.78 is -0.878. The van der Waals surface area contributed by atoms with E-state index < -0.39 is 22.7 Å². The third-order valence-corrected chi connectivity index (χ3v) is 1.91. The van der Waals surface area contributed by atoms with Gasteiger partial charge in [-0.3, -0.25) is 4.79 Å². The second kappa shape index (κ2) is 4.76. The van der Waals surface area contributed by atoms with E-state index in [1.165, 1.54) is 0 Å². The maximum Gasteiger partial charge on any atom is 0.327 e. The number of carbonyl (C=O) groups is 2. The fraction of sp³-hybridized carbons (Fsp3) is 0.714. The van der Waals surface area contributed by atoms with Crippen molar-refractivity contribution >= 4 is 37.1 Å². The Morgan fingerprint density at radius 1 is 1.54 bits per heavy atom. The third kappa shape index (κ3) is 4.42. The van der Waals surface area contributed by atoms with Crippen LogP contribution in [0.5, 0.6) is 0 Å². The van der Waals surface area contributed by atoms with Gasteiger partial charge in [-0.15, -0.1) is 0 Å². The molecule has 76 valence electrons. The zero-order chi connectivity index (χ0) is 10.6. The van der Waals surface area contributed by atoms with E-state index in [1.54, 1.807) is 13.8 Å². The molecule has 6 heteroatoms. The molecule has 0 saturated carbocycles. The number of hydrogen-bond donors (Lipinski definition) is 4. The van der Waals surface area contributed by atoms with Crippen LogP contribution in [0, 0.1) is 0 Å². The van der Waals surface area contributed by atoms with Crippen molar-refractivity contribution in [3.63, 3.8) is 0 Å². The minimum atomic E-state index is -1.10. The largest absolute Gasteiger partial charge is 0.480 e. The monoisotopic (exact) mass is 223 g/mol. The molecule has 0 heterocycles. The van der Waals surface area contributed by atoms with Gasteiger partial charge in [0.2, 0.25) is 5.91 Å². The Bertz CT molecular complexity index is 212. The van der Waals surface area contributed by atoms with E-state index in [4.69, 9.17) is 5.11 Å². The number of hydrogen-bond acceptors (Lipinski definition) is 4. The number of carbonyl (C=O) groups excluding carboxylic acids is 1. The van der Waals surface area contributed by atoms with E-state index in [0.717, 1.165) is 0 Å². The Morgan fingerprint density at radius 2 is 2.00 bits per heavy atom. The maximum absolute atomic E-state index is 11.3. The molecule has 0 unspecified atom stereocenters. The lowest BCUT2D eigenvalue weighted by Gasteiger charge is -2.19. The van der Waals surface area contributed by atoms with Gasteiger partial charge in [-0.1, -0.05) is 0 Å². The number of nitrogens with one attached hydrogen (secondary N) is 1. The lowest BCUT2D eigenvalue weighted by atomic mass is 10.2. The highest BCUT2D eigenvalue weighted by molar-refractivity contribution is 7.82. The molecule has 0 aliphatic rings. The van der Waals surface area contributed by atoms with Crippen molar-refractivity contribution in [3.8, 4) is 0 Å². The van der Waals surface area contributed by atoms with Crippen LogP contribution in [-0.4, -0.2) is 33.5 Å². The number of amides is 1. The molecule has 0 aromatic carbocycles. The van der Waals surface area contributed by atoms with Gasteiger partial charge in [-0.2, -0.15) is 25.3 Å². The zero-order valence-electron chi connectivity index (χ0n) is 7.44. The van der Waals surface area contributed by atoms with Gasteiger partial charge >= 0.3 is 5.97 Å². The molecule has 0 rings (SSSR count). The SMILES string of the molecule is CC(C)(S)C(=O)N[C@H](CS)C(=O)O. The second-order valence-electron chi connectivity index (χ2n) is 3.11. The van der Waals surface area contributed by atoms with E-state index >= 15 is 0 Å². The fourth-order valence-corrected chi connectivity index (χ4v) is 0.832. The molecule has 1 amide bonds. The summed E-state index contributed by atoms with van der Waals surface area (Å²) in [4.78, 5) is 21.8. The van der Waals surface area contributed by atoms with Crippen molar-refractivity contribution in [2.24, 2.45) is 0 Å². The summed E-state index contributed by atoms with van der Waals surface area (Å²) in [5.41, 5.74) is 0. The highest BCUT2D eigenvalue weighted by Crippen LogP contribution is 2.11. The van der Waals surface area contributed by atoms with Crippen LogP contribution >= 0.6 is 25.3 Å². The summed E-state index contributed by atoms with van der Waals surface area (Å²) in [6.45, 7) is 3.17. The molecular formula is C7H13NO3S2. The molecule has 0 bridgehead atoms. The Kier molecular flexibility index (Phi) is 4.63. The molecule has 13 heavy (non-hydrogen) atoms. The first-order valence-electron chi connectivity index (χ1n) is 3.66. The zero-order valence-corrected chi connectivity index (χ0v) is 9.23. The normalized spacial score (nSPS) is 13.5. The standard InChI is InChI=1S/C7H13NO3S2/c1-7(2,13)6(11)8-4(3-12)5(9)10/h4,12-13H,3H2,1-2H3,(H,8,11)(H,9,10)/t4-/m1/s1. The second-order valence-corrected chi connectivity index (χ2v) is 4.59. The third-order valence-electron chi connectivity index (χ3n) is 1.34.